The molecule has 2 aromatic heterocycles. The summed E-state index contributed by atoms with van der Waals surface area (Å²) in [4.78, 5) is 4.21. The van der Waals surface area contributed by atoms with Gasteiger partial charge in [0, 0.05) is 20.9 Å². The quantitative estimate of drug-likeness (QED) is 0.624. The lowest BCUT2D eigenvalue weighted by atomic mass is 10.4. The zero-order valence-electron chi connectivity index (χ0n) is 11.0. The van der Waals surface area contributed by atoms with Crippen LogP contribution in [-0.4, -0.2) is 29.4 Å². The topological polar surface area (TPSA) is 39.9 Å². The summed E-state index contributed by atoms with van der Waals surface area (Å²) < 4.78 is 7.42. The summed E-state index contributed by atoms with van der Waals surface area (Å²) in [6.45, 7) is 8.20. The molecule has 0 aliphatic carbocycles. The molecular formula is C12H18ClN3OSi. The normalized spacial score (nSPS) is 12.2. The zero-order chi connectivity index (χ0) is 13.2. The predicted octanol–water partition coefficient (Wildman–Crippen LogP) is 3.40. The fraction of sp³-hybridized carbons (Fsp3) is 0.500. The summed E-state index contributed by atoms with van der Waals surface area (Å²) in [5.74, 6) is 0. The maximum atomic E-state index is 6.14. The highest BCUT2D eigenvalue weighted by molar-refractivity contribution is 6.76. The van der Waals surface area contributed by atoms with Gasteiger partial charge in [0.1, 0.15) is 17.8 Å². The number of fused-ring (bicyclic) bond motifs is 1. The van der Waals surface area contributed by atoms with Crippen LogP contribution >= 0.6 is 11.6 Å². The Kier molecular flexibility index (Phi) is 4.04. The molecule has 2 rings (SSSR count). The fourth-order valence-electron chi connectivity index (χ4n) is 1.60. The Hall–Kier alpha value is -0.913. The van der Waals surface area contributed by atoms with Crippen molar-refractivity contribution in [2.75, 3.05) is 6.61 Å². The van der Waals surface area contributed by atoms with E-state index in [4.69, 9.17) is 16.3 Å². The minimum Gasteiger partial charge on any atom is -0.360 e. The molecule has 0 aliphatic heterocycles. The standard InChI is InChI=1S/C12H18ClN3OSi/c1-18(2,3)7-6-17-9-16-12-10(13)4-5-14-11(12)8-15-16/h4-5,8H,6-7,9H2,1-3H3. The molecule has 0 saturated carbocycles. The van der Waals surface area contributed by atoms with Crippen molar-refractivity contribution in [3.8, 4) is 0 Å². The lowest BCUT2D eigenvalue weighted by Gasteiger charge is -2.15. The molecule has 6 heteroatoms. The Morgan fingerprint density at radius 1 is 1.39 bits per heavy atom. The Labute approximate surface area is 113 Å². The van der Waals surface area contributed by atoms with Crippen LogP contribution in [0.15, 0.2) is 18.5 Å². The van der Waals surface area contributed by atoms with Gasteiger partial charge in [-0.3, -0.25) is 4.98 Å². The first-order valence-electron chi connectivity index (χ1n) is 6.01. The fourth-order valence-corrected chi connectivity index (χ4v) is 2.61. The average Bonchev–Trinajstić information content (AvgIpc) is 2.68. The van der Waals surface area contributed by atoms with Crippen molar-refractivity contribution in [1.82, 2.24) is 14.8 Å². The first kappa shape index (κ1) is 13.5. The van der Waals surface area contributed by atoms with Gasteiger partial charge in [-0.15, -0.1) is 0 Å². The van der Waals surface area contributed by atoms with E-state index in [9.17, 15) is 0 Å². The summed E-state index contributed by atoms with van der Waals surface area (Å²) in [7, 11) is -1.04. The van der Waals surface area contributed by atoms with Gasteiger partial charge in [0.15, 0.2) is 0 Å². The summed E-state index contributed by atoms with van der Waals surface area (Å²) in [5.41, 5.74) is 1.64. The van der Waals surface area contributed by atoms with Crippen LogP contribution in [0.25, 0.3) is 11.0 Å². The van der Waals surface area contributed by atoms with Crippen LogP contribution in [0.1, 0.15) is 0 Å². The second kappa shape index (κ2) is 5.38. The van der Waals surface area contributed by atoms with Crippen LogP contribution in [-0.2, 0) is 11.5 Å². The maximum absolute atomic E-state index is 6.14. The minimum atomic E-state index is -1.04. The molecule has 0 unspecified atom stereocenters. The Balaban J connectivity index is 2.00. The first-order chi connectivity index (χ1) is 8.47. The van der Waals surface area contributed by atoms with E-state index in [0.717, 1.165) is 23.7 Å². The minimum absolute atomic E-state index is 0.430. The van der Waals surface area contributed by atoms with Crippen LogP contribution in [0.2, 0.25) is 30.7 Å². The third-order valence-corrected chi connectivity index (χ3v) is 4.70. The molecule has 0 bridgehead atoms. The molecule has 0 aliphatic rings. The van der Waals surface area contributed by atoms with Crippen molar-refractivity contribution < 1.29 is 4.74 Å². The molecule has 98 valence electrons. The number of hydrogen-bond acceptors (Lipinski definition) is 3. The molecule has 0 N–H and O–H groups in total. The number of halogens is 1. The largest absolute Gasteiger partial charge is 0.360 e. The van der Waals surface area contributed by atoms with Gasteiger partial charge in [0.25, 0.3) is 0 Å². The second-order valence-electron chi connectivity index (χ2n) is 5.52. The molecule has 18 heavy (non-hydrogen) atoms. The Bertz CT molecular complexity index is 536. The monoisotopic (exact) mass is 283 g/mol. The van der Waals surface area contributed by atoms with Gasteiger partial charge < -0.3 is 4.74 Å². The highest BCUT2D eigenvalue weighted by atomic mass is 35.5. The smallest absolute Gasteiger partial charge is 0.140 e. The molecular weight excluding hydrogens is 266 g/mol. The van der Waals surface area contributed by atoms with E-state index in [2.05, 4.69) is 29.7 Å². The summed E-state index contributed by atoms with van der Waals surface area (Å²) in [5, 5.41) is 4.90. The van der Waals surface area contributed by atoms with Gasteiger partial charge in [0.05, 0.1) is 11.2 Å². The van der Waals surface area contributed by atoms with Crippen molar-refractivity contribution in [2.45, 2.75) is 32.4 Å². The molecule has 0 saturated heterocycles. The summed E-state index contributed by atoms with van der Waals surface area (Å²) in [6, 6.07) is 2.92. The highest BCUT2D eigenvalue weighted by Gasteiger charge is 2.12. The lowest BCUT2D eigenvalue weighted by Crippen LogP contribution is -2.22. The number of pyridine rings is 1. The third-order valence-electron chi connectivity index (χ3n) is 2.69. The number of ether oxygens (including phenoxy) is 1. The van der Waals surface area contributed by atoms with Crippen molar-refractivity contribution in [1.29, 1.82) is 0 Å². The van der Waals surface area contributed by atoms with E-state index in [-0.39, 0.29) is 0 Å². The summed E-state index contributed by atoms with van der Waals surface area (Å²) >= 11 is 6.14. The number of hydrogen-bond donors (Lipinski definition) is 0. The average molecular weight is 284 g/mol. The molecule has 0 amide bonds. The molecule has 0 atom stereocenters. The van der Waals surface area contributed by atoms with Crippen LogP contribution in [0.5, 0.6) is 0 Å². The van der Waals surface area contributed by atoms with Gasteiger partial charge in [-0.25, -0.2) is 4.68 Å². The van der Waals surface area contributed by atoms with Crippen LogP contribution < -0.4 is 0 Å². The molecule has 0 radical (unpaired) electrons. The Morgan fingerprint density at radius 3 is 2.89 bits per heavy atom. The van der Waals surface area contributed by atoms with E-state index in [1.165, 1.54) is 0 Å². The van der Waals surface area contributed by atoms with Gasteiger partial charge >= 0.3 is 0 Å². The molecule has 2 heterocycles. The second-order valence-corrected chi connectivity index (χ2v) is 11.5. The predicted molar refractivity (Wildman–Crippen MR) is 76.6 cm³/mol. The summed E-state index contributed by atoms with van der Waals surface area (Å²) in [6.07, 6.45) is 3.39. The molecule has 4 nitrogen and oxygen atoms in total. The number of nitrogens with zero attached hydrogens (tertiary/aromatic N) is 3. The number of aromatic nitrogens is 3. The molecule has 0 spiro atoms. The van der Waals surface area contributed by atoms with E-state index in [1.54, 1.807) is 23.1 Å². The molecule has 2 aromatic rings. The van der Waals surface area contributed by atoms with E-state index >= 15 is 0 Å². The Morgan fingerprint density at radius 2 is 2.17 bits per heavy atom. The maximum Gasteiger partial charge on any atom is 0.140 e. The number of rotatable bonds is 5. The SMILES string of the molecule is C[Si](C)(C)CCOCn1ncc2nccc(Cl)c21. The third kappa shape index (κ3) is 3.31. The van der Waals surface area contributed by atoms with Crippen molar-refractivity contribution in [2.24, 2.45) is 0 Å². The van der Waals surface area contributed by atoms with Crippen LogP contribution in [0, 0.1) is 0 Å². The van der Waals surface area contributed by atoms with E-state index in [1.807, 2.05) is 0 Å². The van der Waals surface area contributed by atoms with Crippen molar-refractivity contribution in [3.05, 3.63) is 23.5 Å². The van der Waals surface area contributed by atoms with Gasteiger partial charge in [-0.2, -0.15) is 5.10 Å². The zero-order valence-corrected chi connectivity index (χ0v) is 12.7. The van der Waals surface area contributed by atoms with Crippen molar-refractivity contribution in [3.63, 3.8) is 0 Å². The molecule has 0 fully saturated rings. The van der Waals surface area contributed by atoms with Gasteiger partial charge in [-0.1, -0.05) is 31.2 Å². The van der Waals surface area contributed by atoms with Crippen LogP contribution in [0.3, 0.4) is 0 Å². The highest BCUT2D eigenvalue weighted by Crippen LogP contribution is 2.20. The van der Waals surface area contributed by atoms with E-state index < -0.39 is 8.07 Å². The lowest BCUT2D eigenvalue weighted by molar-refractivity contribution is 0.0817. The van der Waals surface area contributed by atoms with Crippen LogP contribution in [0.4, 0.5) is 0 Å². The van der Waals surface area contributed by atoms with Gasteiger partial charge in [-0.05, 0) is 12.1 Å². The first-order valence-corrected chi connectivity index (χ1v) is 10.1. The molecule has 0 aromatic carbocycles. The van der Waals surface area contributed by atoms with E-state index in [0.29, 0.717) is 11.8 Å². The van der Waals surface area contributed by atoms with Gasteiger partial charge in [0.2, 0.25) is 0 Å². The van der Waals surface area contributed by atoms with Crippen molar-refractivity contribution >= 4 is 30.7 Å².